The van der Waals surface area contributed by atoms with Gasteiger partial charge in [-0.15, -0.1) is 0 Å². The molecule has 148 valence electrons. The summed E-state index contributed by atoms with van der Waals surface area (Å²) in [5.74, 6) is 0.0666. The molecule has 1 saturated heterocycles. The maximum absolute atomic E-state index is 12.9. The van der Waals surface area contributed by atoms with Crippen LogP contribution in [0.3, 0.4) is 0 Å². The van der Waals surface area contributed by atoms with Crippen LogP contribution >= 0.6 is 0 Å². The summed E-state index contributed by atoms with van der Waals surface area (Å²) >= 11 is 0. The van der Waals surface area contributed by atoms with E-state index in [9.17, 15) is 4.79 Å². The molecule has 6 nitrogen and oxygen atoms in total. The van der Waals surface area contributed by atoms with E-state index in [1.165, 1.54) is 5.69 Å². The number of benzene rings is 1. The largest absolute Gasteiger partial charge is 0.338 e. The van der Waals surface area contributed by atoms with Crippen LogP contribution in [-0.2, 0) is 12.0 Å². The highest BCUT2D eigenvalue weighted by Gasteiger charge is 2.47. The Morgan fingerprint density at radius 1 is 1.00 bits per heavy atom. The van der Waals surface area contributed by atoms with Crippen molar-refractivity contribution >= 4 is 16.8 Å². The Hall–Kier alpha value is -3.54. The molecule has 0 aliphatic carbocycles. The number of carbonyl (C=O) groups excluding carboxylic acids is 1. The van der Waals surface area contributed by atoms with Crippen molar-refractivity contribution in [1.82, 2.24) is 24.6 Å². The zero-order chi connectivity index (χ0) is 20.1. The van der Waals surface area contributed by atoms with Gasteiger partial charge in [-0.25, -0.2) is 0 Å². The Balaban J connectivity index is 1.31. The number of hydrogen-bond acceptors (Lipinski definition) is 4. The second-order valence-corrected chi connectivity index (χ2v) is 8.30. The van der Waals surface area contributed by atoms with Crippen LogP contribution in [0.5, 0.6) is 0 Å². The quantitative estimate of drug-likeness (QED) is 0.519. The summed E-state index contributed by atoms with van der Waals surface area (Å²) in [6.45, 7) is 2.40. The SMILES string of the molecule is O=C(c1cccnc1)N1CCC2(CCn3nc(-c4cnc5ccccc5c4)cc32)C1. The highest BCUT2D eigenvalue weighted by atomic mass is 16.2. The fraction of sp³-hybridized carbons (Fsp3) is 0.250. The van der Waals surface area contributed by atoms with Gasteiger partial charge in [0, 0.05) is 60.3 Å². The molecule has 4 aromatic rings. The number of aromatic nitrogens is 4. The van der Waals surface area contributed by atoms with Crippen LogP contribution in [0, 0.1) is 0 Å². The Labute approximate surface area is 174 Å². The lowest BCUT2D eigenvalue weighted by Crippen LogP contribution is -2.33. The molecule has 2 aliphatic heterocycles. The standard InChI is InChI=1S/C24H21N5O/c30-23(18-5-3-9-25-14-18)28-10-7-24(16-28)8-11-29-22(24)13-21(27-29)19-12-17-4-1-2-6-20(17)26-15-19/h1-6,9,12-15H,7-8,10-11,16H2. The molecule has 5 heterocycles. The number of amides is 1. The van der Waals surface area contributed by atoms with Crippen molar-refractivity contribution in [3.63, 3.8) is 0 Å². The number of carbonyl (C=O) groups is 1. The normalized spacial score (nSPS) is 20.2. The summed E-state index contributed by atoms with van der Waals surface area (Å²) in [5, 5.41) is 6.00. The van der Waals surface area contributed by atoms with Crippen molar-refractivity contribution in [2.24, 2.45) is 0 Å². The number of hydrogen-bond donors (Lipinski definition) is 0. The molecular formula is C24H21N5O. The van der Waals surface area contributed by atoms with E-state index in [2.05, 4.69) is 32.8 Å². The van der Waals surface area contributed by atoms with Crippen LogP contribution < -0.4 is 0 Å². The second kappa shape index (κ2) is 6.49. The van der Waals surface area contributed by atoms with E-state index in [0.29, 0.717) is 5.56 Å². The number of para-hydroxylation sites is 1. The van der Waals surface area contributed by atoms with Crippen molar-refractivity contribution in [3.05, 3.63) is 78.4 Å². The fourth-order valence-corrected chi connectivity index (χ4v) is 4.95. The molecule has 6 rings (SSSR count). The summed E-state index contributed by atoms with van der Waals surface area (Å²) in [6.07, 6.45) is 7.25. The Bertz CT molecular complexity index is 1270. The molecule has 2 aliphatic rings. The zero-order valence-corrected chi connectivity index (χ0v) is 16.5. The van der Waals surface area contributed by atoms with Crippen molar-refractivity contribution in [1.29, 1.82) is 0 Å². The van der Waals surface area contributed by atoms with Gasteiger partial charge >= 0.3 is 0 Å². The van der Waals surface area contributed by atoms with E-state index in [4.69, 9.17) is 5.10 Å². The van der Waals surface area contributed by atoms with E-state index in [-0.39, 0.29) is 11.3 Å². The molecule has 6 heteroatoms. The first-order valence-electron chi connectivity index (χ1n) is 10.3. The highest BCUT2D eigenvalue weighted by molar-refractivity contribution is 5.94. The van der Waals surface area contributed by atoms with Gasteiger partial charge < -0.3 is 4.90 Å². The first-order chi connectivity index (χ1) is 14.7. The minimum Gasteiger partial charge on any atom is -0.338 e. The summed E-state index contributed by atoms with van der Waals surface area (Å²) in [5.41, 5.74) is 4.88. The molecule has 1 spiro atoms. The summed E-state index contributed by atoms with van der Waals surface area (Å²) in [6, 6.07) is 16.1. The maximum atomic E-state index is 12.9. The molecule has 0 saturated carbocycles. The Morgan fingerprint density at radius 2 is 1.90 bits per heavy atom. The van der Waals surface area contributed by atoms with Crippen LogP contribution in [0.15, 0.2) is 67.1 Å². The molecule has 1 unspecified atom stereocenters. The minimum absolute atomic E-state index is 0.00655. The average molecular weight is 395 g/mol. The molecule has 0 radical (unpaired) electrons. The van der Waals surface area contributed by atoms with Crippen LogP contribution in [0.2, 0.25) is 0 Å². The summed E-state index contributed by atoms with van der Waals surface area (Å²) in [4.78, 5) is 23.6. The van der Waals surface area contributed by atoms with Crippen LogP contribution in [-0.4, -0.2) is 43.6 Å². The summed E-state index contributed by atoms with van der Waals surface area (Å²) < 4.78 is 2.13. The number of aryl methyl sites for hydroxylation is 1. The molecule has 1 amide bonds. The van der Waals surface area contributed by atoms with Crippen molar-refractivity contribution in [3.8, 4) is 11.3 Å². The molecule has 0 N–H and O–H groups in total. The van der Waals surface area contributed by atoms with Crippen LogP contribution in [0.25, 0.3) is 22.2 Å². The van der Waals surface area contributed by atoms with Gasteiger partial charge in [-0.1, -0.05) is 18.2 Å². The third kappa shape index (κ3) is 2.64. The zero-order valence-electron chi connectivity index (χ0n) is 16.5. The van der Waals surface area contributed by atoms with Gasteiger partial charge in [-0.05, 0) is 43.2 Å². The highest BCUT2D eigenvalue weighted by Crippen LogP contribution is 2.44. The number of pyridine rings is 2. The van der Waals surface area contributed by atoms with Crippen molar-refractivity contribution in [2.45, 2.75) is 24.8 Å². The number of likely N-dealkylation sites (tertiary alicyclic amines) is 1. The lowest BCUT2D eigenvalue weighted by atomic mass is 9.82. The van der Waals surface area contributed by atoms with E-state index in [1.54, 1.807) is 12.4 Å². The molecule has 1 fully saturated rings. The fourth-order valence-electron chi connectivity index (χ4n) is 4.95. The predicted octanol–water partition coefficient (Wildman–Crippen LogP) is 3.68. The number of nitrogens with zero attached hydrogens (tertiary/aromatic N) is 5. The van der Waals surface area contributed by atoms with Gasteiger partial charge in [-0.2, -0.15) is 5.10 Å². The molecule has 30 heavy (non-hydrogen) atoms. The van der Waals surface area contributed by atoms with E-state index in [1.807, 2.05) is 41.4 Å². The monoisotopic (exact) mass is 395 g/mol. The molecular weight excluding hydrogens is 374 g/mol. The second-order valence-electron chi connectivity index (χ2n) is 8.30. The first-order valence-corrected chi connectivity index (χ1v) is 10.3. The van der Waals surface area contributed by atoms with Gasteiger partial charge in [0.15, 0.2) is 0 Å². The summed E-state index contributed by atoms with van der Waals surface area (Å²) in [7, 11) is 0. The molecule has 0 bridgehead atoms. The third-order valence-electron chi connectivity index (χ3n) is 6.56. The lowest BCUT2D eigenvalue weighted by molar-refractivity contribution is 0.0783. The topological polar surface area (TPSA) is 63.9 Å². The van der Waals surface area contributed by atoms with Crippen LogP contribution in [0.1, 0.15) is 28.9 Å². The van der Waals surface area contributed by atoms with Gasteiger partial charge in [0.2, 0.25) is 0 Å². The Kier molecular flexibility index (Phi) is 3.75. The third-order valence-corrected chi connectivity index (χ3v) is 6.56. The average Bonchev–Trinajstić information content (AvgIpc) is 3.50. The van der Waals surface area contributed by atoms with Crippen LogP contribution in [0.4, 0.5) is 0 Å². The van der Waals surface area contributed by atoms with E-state index in [0.717, 1.165) is 54.6 Å². The molecule has 1 aromatic carbocycles. The van der Waals surface area contributed by atoms with Gasteiger partial charge in [0.1, 0.15) is 0 Å². The minimum atomic E-state index is -0.00655. The molecule has 1 atom stereocenters. The molecule has 3 aromatic heterocycles. The van der Waals surface area contributed by atoms with Gasteiger partial charge in [-0.3, -0.25) is 19.4 Å². The van der Waals surface area contributed by atoms with Crippen molar-refractivity contribution < 1.29 is 4.79 Å². The van der Waals surface area contributed by atoms with Gasteiger partial charge in [0.05, 0.1) is 16.8 Å². The predicted molar refractivity (Wildman–Crippen MR) is 114 cm³/mol. The number of rotatable bonds is 2. The first kappa shape index (κ1) is 17.3. The van der Waals surface area contributed by atoms with E-state index < -0.39 is 0 Å². The van der Waals surface area contributed by atoms with Gasteiger partial charge in [0.25, 0.3) is 5.91 Å². The maximum Gasteiger partial charge on any atom is 0.255 e. The van der Waals surface area contributed by atoms with E-state index >= 15 is 0 Å². The Morgan fingerprint density at radius 3 is 2.80 bits per heavy atom. The van der Waals surface area contributed by atoms with Crippen molar-refractivity contribution in [2.75, 3.05) is 13.1 Å². The smallest absolute Gasteiger partial charge is 0.255 e. The number of fused-ring (bicyclic) bond motifs is 3. The lowest BCUT2D eigenvalue weighted by Gasteiger charge is -2.23.